The second-order valence-electron chi connectivity index (χ2n) is 7.28. The summed E-state index contributed by atoms with van der Waals surface area (Å²) in [7, 11) is -0.361. The molecule has 6 nitrogen and oxygen atoms in total. The Morgan fingerprint density at radius 3 is 2.76 bits per heavy atom. The van der Waals surface area contributed by atoms with Gasteiger partial charge in [-0.2, -0.15) is 0 Å². The molecule has 2 aromatic heterocycles. The van der Waals surface area contributed by atoms with E-state index >= 15 is 0 Å². The topological polar surface area (TPSA) is 84.0 Å². The summed E-state index contributed by atoms with van der Waals surface area (Å²) >= 11 is 1.53. The van der Waals surface area contributed by atoms with Crippen molar-refractivity contribution >= 4 is 44.7 Å². The molecular weight excluding hydrogens is 452 g/mol. The van der Waals surface area contributed by atoms with Crippen LogP contribution < -0.4 is 10.6 Å². The third-order valence-corrected chi connectivity index (χ3v) is 8.41. The quantitative estimate of drug-likeness (QED) is 0.400. The summed E-state index contributed by atoms with van der Waals surface area (Å²) in [6.45, 7) is 2.37. The number of aromatic nitrogens is 2. The first kappa shape index (κ1) is 21.2. The van der Waals surface area contributed by atoms with Crippen LogP contribution in [0.25, 0.3) is 10.6 Å². The standard InChI is InChI=1S/C25H20N4O2S2/c1-2-33-21-6-4-3-5-19(21)24(31)29-20-13-17(7-8-22(20)33)23(30)27-14-18-15-28-25(32-18)16-9-11-26-12-10-16/h2-13,15H,14H2,1H3,(H,27,30)(H,29,31). The Kier molecular flexibility index (Phi) is 5.85. The smallest absolute Gasteiger partial charge is 0.256 e. The monoisotopic (exact) mass is 472 g/mol. The Labute approximate surface area is 197 Å². The second-order valence-corrected chi connectivity index (χ2v) is 10.4. The van der Waals surface area contributed by atoms with Gasteiger partial charge in [-0.05, 0) is 49.4 Å². The molecule has 0 spiro atoms. The Morgan fingerprint density at radius 1 is 1.12 bits per heavy atom. The number of thiazole rings is 1. The molecule has 33 heavy (non-hydrogen) atoms. The molecule has 1 unspecified atom stereocenters. The van der Waals surface area contributed by atoms with E-state index in [1.165, 1.54) is 11.3 Å². The molecule has 2 N–H and O–H groups in total. The van der Waals surface area contributed by atoms with E-state index in [9.17, 15) is 9.59 Å². The molecule has 5 rings (SSSR count). The van der Waals surface area contributed by atoms with E-state index in [0.717, 1.165) is 25.2 Å². The number of nitrogens with zero attached hydrogens (tertiary/aromatic N) is 2. The Hall–Kier alpha value is -3.62. The van der Waals surface area contributed by atoms with E-state index in [1.54, 1.807) is 24.7 Å². The normalized spacial score (nSPS) is 14.7. The van der Waals surface area contributed by atoms with Crippen LogP contribution in [0.15, 0.2) is 83.0 Å². The summed E-state index contributed by atoms with van der Waals surface area (Å²) in [6.07, 6.45) is 5.24. The molecule has 164 valence electrons. The number of benzene rings is 2. The molecule has 0 radical (unpaired) electrons. The summed E-state index contributed by atoms with van der Waals surface area (Å²) in [5.74, 6) is -0.359. The lowest BCUT2D eigenvalue weighted by molar-refractivity contribution is 0.0949. The second kappa shape index (κ2) is 9.09. The molecule has 1 aliphatic heterocycles. The molecule has 2 aromatic carbocycles. The van der Waals surface area contributed by atoms with E-state index in [0.29, 0.717) is 23.4 Å². The average molecular weight is 473 g/mol. The van der Waals surface area contributed by atoms with Crippen LogP contribution in [0.1, 0.15) is 32.5 Å². The van der Waals surface area contributed by atoms with Gasteiger partial charge >= 0.3 is 0 Å². The van der Waals surface area contributed by atoms with Crippen molar-refractivity contribution in [2.24, 2.45) is 0 Å². The lowest BCUT2D eigenvalue weighted by atomic mass is 10.1. The summed E-state index contributed by atoms with van der Waals surface area (Å²) in [6, 6.07) is 17.0. The first-order valence-corrected chi connectivity index (χ1v) is 12.4. The van der Waals surface area contributed by atoms with Gasteiger partial charge in [0.05, 0.1) is 17.8 Å². The Morgan fingerprint density at radius 2 is 1.94 bits per heavy atom. The van der Waals surface area contributed by atoms with Gasteiger partial charge in [-0.3, -0.25) is 14.6 Å². The van der Waals surface area contributed by atoms with Gasteiger partial charge in [0.25, 0.3) is 11.8 Å². The van der Waals surface area contributed by atoms with E-state index in [1.807, 2.05) is 55.5 Å². The highest BCUT2D eigenvalue weighted by Gasteiger charge is 2.22. The Balaban J connectivity index is 1.35. The first-order valence-electron chi connectivity index (χ1n) is 10.3. The van der Waals surface area contributed by atoms with E-state index in [-0.39, 0.29) is 22.3 Å². The van der Waals surface area contributed by atoms with Crippen molar-refractivity contribution in [3.8, 4) is 10.6 Å². The van der Waals surface area contributed by atoms with Crippen molar-refractivity contribution < 1.29 is 9.59 Å². The van der Waals surface area contributed by atoms with Gasteiger partial charge in [0.1, 0.15) is 5.01 Å². The maximum Gasteiger partial charge on any atom is 0.256 e. The number of hydrogen-bond acceptors (Lipinski definition) is 5. The molecule has 0 bridgehead atoms. The van der Waals surface area contributed by atoms with Crippen LogP contribution in [0, 0.1) is 0 Å². The molecule has 0 aliphatic carbocycles. The number of carbonyl (C=O) groups excluding carboxylic acids is 2. The van der Waals surface area contributed by atoms with Gasteiger partial charge in [-0.15, -0.1) is 21.8 Å². The number of nitrogens with one attached hydrogen (secondary N) is 2. The van der Waals surface area contributed by atoms with Gasteiger partial charge < -0.3 is 10.6 Å². The minimum atomic E-state index is -0.361. The molecular formula is C25H20N4O2S2. The fourth-order valence-corrected chi connectivity index (χ4v) is 6.44. The fraction of sp³-hybridized carbons (Fsp3) is 0.0800. The van der Waals surface area contributed by atoms with E-state index < -0.39 is 0 Å². The zero-order chi connectivity index (χ0) is 22.8. The number of rotatable bonds is 4. The van der Waals surface area contributed by atoms with Crippen LogP contribution in [-0.4, -0.2) is 27.1 Å². The van der Waals surface area contributed by atoms with Gasteiger partial charge in [-0.25, -0.2) is 4.98 Å². The lowest BCUT2D eigenvalue weighted by Crippen LogP contribution is -2.22. The van der Waals surface area contributed by atoms with Gasteiger partial charge in [-0.1, -0.05) is 17.5 Å². The van der Waals surface area contributed by atoms with Crippen LogP contribution in [0.5, 0.6) is 0 Å². The summed E-state index contributed by atoms with van der Waals surface area (Å²) in [5, 5.41) is 8.93. The van der Waals surface area contributed by atoms with Gasteiger partial charge in [0.15, 0.2) is 0 Å². The molecule has 0 fully saturated rings. The number of fused-ring (bicyclic) bond motifs is 2. The van der Waals surface area contributed by atoms with Crippen molar-refractivity contribution in [3.05, 3.63) is 89.2 Å². The van der Waals surface area contributed by atoms with Crippen LogP contribution in [-0.2, 0) is 6.54 Å². The van der Waals surface area contributed by atoms with Crippen LogP contribution in [0.4, 0.5) is 5.69 Å². The molecule has 3 heterocycles. The highest BCUT2D eigenvalue weighted by molar-refractivity contribution is 8.15. The SMILES string of the molecule is C/C=S1\c2ccc(C(=O)NCc3cnc(-c4ccncc4)s3)cc2NC(=O)c2ccccc21. The molecule has 1 atom stereocenters. The molecule has 4 aromatic rings. The highest BCUT2D eigenvalue weighted by atomic mass is 32.2. The van der Waals surface area contributed by atoms with Crippen molar-refractivity contribution in [1.82, 2.24) is 15.3 Å². The maximum atomic E-state index is 12.9. The fourth-order valence-electron chi connectivity index (χ4n) is 3.66. The van der Waals surface area contributed by atoms with Crippen LogP contribution in [0.2, 0.25) is 0 Å². The third kappa shape index (κ3) is 4.22. The van der Waals surface area contributed by atoms with Crippen molar-refractivity contribution in [2.45, 2.75) is 23.3 Å². The predicted molar refractivity (Wildman–Crippen MR) is 133 cm³/mol. The van der Waals surface area contributed by atoms with Crippen LogP contribution in [0.3, 0.4) is 0 Å². The average Bonchev–Trinajstić information content (AvgIpc) is 3.29. The first-order chi connectivity index (χ1) is 16.1. The largest absolute Gasteiger partial charge is 0.347 e. The number of amides is 2. The minimum Gasteiger partial charge on any atom is -0.347 e. The highest BCUT2D eigenvalue weighted by Crippen LogP contribution is 2.44. The van der Waals surface area contributed by atoms with Crippen molar-refractivity contribution in [3.63, 3.8) is 0 Å². The van der Waals surface area contributed by atoms with Gasteiger partial charge in [0, 0.05) is 44.4 Å². The number of anilines is 1. The molecule has 8 heteroatoms. The predicted octanol–water partition coefficient (Wildman–Crippen LogP) is 5.21. The van der Waals surface area contributed by atoms with Crippen molar-refractivity contribution in [2.75, 3.05) is 5.32 Å². The minimum absolute atomic E-state index is 0.158. The lowest BCUT2D eigenvalue weighted by Gasteiger charge is -2.13. The van der Waals surface area contributed by atoms with E-state index in [4.69, 9.17) is 0 Å². The Bertz CT molecular complexity index is 1400. The molecule has 2 amide bonds. The number of pyridine rings is 1. The number of hydrogen-bond donors (Lipinski definition) is 2. The van der Waals surface area contributed by atoms with Gasteiger partial charge in [0.2, 0.25) is 0 Å². The third-order valence-electron chi connectivity index (χ3n) is 5.24. The van der Waals surface area contributed by atoms with Crippen molar-refractivity contribution in [1.29, 1.82) is 0 Å². The molecule has 0 saturated heterocycles. The maximum absolute atomic E-state index is 12.9. The number of carbonyl (C=O) groups is 2. The zero-order valence-electron chi connectivity index (χ0n) is 17.7. The summed E-state index contributed by atoms with van der Waals surface area (Å²) in [4.78, 5) is 37.1. The van der Waals surface area contributed by atoms with E-state index in [2.05, 4.69) is 26.0 Å². The molecule has 1 aliphatic rings. The summed E-state index contributed by atoms with van der Waals surface area (Å²) in [5.41, 5.74) is 2.83. The van der Waals surface area contributed by atoms with Crippen LogP contribution >= 0.6 is 21.8 Å². The molecule has 0 saturated carbocycles. The zero-order valence-corrected chi connectivity index (χ0v) is 19.4. The summed E-state index contributed by atoms with van der Waals surface area (Å²) < 4.78 is 0.